The van der Waals surface area contributed by atoms with Crippen LogP contribution < -0.4 is 0 Å². The Morgan fingerprint density at radius 2 is 0.902 bits per heavy atom. The van der Waals surface area contributed by atoms with Gasteiger partial charge in [0.15, 0.2) is 11.6 Å². The summed E-state index contributed by atoms with van der Waals surface area (Å²) in [6.07, 6.45) is 14.6. The summed E-state index contributed by atoms with van der Waals surface area (Å²) in [4.78, 5) is 21.0. The molecule has 0 atom stereocenters. The SMILES string of the molecule is C.C.Cn1ccnc1-c1ccc(Cl)cc1.Cn1ccnc1-c1ccccn1.Cn1ccnc1-c1ccccn1.[Cl][Os]. The molecule has 8 nitrogen and oxygen atoms in total. The minimum absolute atomic E-state index is 0. The molecule has 217 valence electrons. The molecule has 0 bridgehead atoms. The molecule has 0 spiro atoms. The van der Waals surface area contributed by atoms with E-state index in [1.165, 1.54) is 17.6 Å². The Hall–Kier alpha value is -3.63. The summed E-state index contributed by atoms with van der Waals surface area (Å²) in [7, 11) is 10.5. The predicted molar refractivity (Wildman–Crippen MR) is 166 cm³/mol. The van der Waals surface area contributed by atoms with Gasteiger partial charge < -0.3 is 13.7 Å². The average Bonchev–Trinajstić information content (AvgIpc) is 3.73. The van der Waals surface area contributed by atoms with Crippen molar-refractivity contribution >= 4 is 21.2 Å². The number of hydrogen-bond acceptors (Lipinski definition) is 5. The van der Waals surface area contributed by atoms with Crippen LogP contribution in [0.1, 0.15) is 14.9 Å². The van der Waals surface area contributed by atoms with Crippen LogP contribution in [0.2, 0.25) is 5.02 Å². The summed E-state index contributed by atoms with van der Waals surface area (Å²) in [6.45, 7) is 0. The summed E-state index contributed by atoms with van der Waals surface area (Å²) in [5, 5.41) is 0.748. The monoisotopic (exact) mass is 769 g/mol. The van der Waals surface area contributed by atoms with Crippen molar-refractivity contribution in [3.8, 4) is 34.4 Å². The first kappa shape index (κ1) is 35.4. The van der Waals surface area contributed by atoms with Crippen LogP contribution in [0.25, 0.3) is 34.4 Å². The van der Waals surface area contributed by atoms with Crippen molar-refractivity contribution in [2.45, 2.75) is 14.9 Å². The minimum atomic E-state index is 0. The van der Waals surface area contributed by atoms with Gasteiger partial charge in [0.05, 0.1) is 0 Å². The number of nitrogens with zero attached hydrogens (tertiary/aromatic N) is 8. The maximum atomic E-state index is 5.79. The van der Waals surface area contributed by atoms with E-state index in [0.717, 1.165) is 39.4 Å². The summed E-state index contributed by atoms with van der Waals surface area (Å²) >= 11 is 7.12. The number of aromatic nitrogens is 8. The van der Waals surface area contributed by atoms with Gasteiger partial charge in [-0.3, -0.25) is 9.97 Å². The summed E-state index contributed by atoms with van der Waals surface area (Å²) in [5.41, 5.74) is 2.90. The molecule has 0 amide bonds. The van der Waals surface area contributed by atoms with Crippen LogP contribution in [-0.4, -0.2) is 38.6 Å². The zero-order valence-corrected chi connectivity index (χ0v) is 25.6. The molecule has 0 aliphatic heterocycles. The number of aryl methyl sites for hydroxylation is 3. The van der Waals surface area contributed by atoms with Crippen LogP contribution in [0, 0.1) is 0 Å². The van der Waals surface area contributed by atoms with E-state index in [9.17, 15) is 0 Å². The molecule has 0 unspecified atom stereocenters. The Morgan fingerprint density at radius 3 is 1.22 bits per heavy atom. The Labute approximate surface area is 262 Å². The van der Waals surface area contributed by atoms with E-state index in [1.807, 2.05) is 114 Å². The van der Waals surface area contributed by atoms with Crippen molar-refractivity contribution in [3.05, 3.63) is 115 Å². The molecule has 0 aliphatic rings. The molecule has 6 aromatic rings. The third-order valence-electron chi connectivity index (χ3n) is 5.35. The van der Waals surface area contributed by atoms with Crippen molar-refractivity contribution in [1.82, 2.24) is 38.6 Å². The standard InChI is InChI=1S/C10H9ClN2.2C9H9N3.2CH4.ClH.Os/c1-13-7-6-12-10(13)8-2-4-9(11)5-3-8;2*1-12-7-6-11-9(12)8-4-2-3-5-10-8;;;;/h2-7H,1H3;2*2-7H,1H3;2*1H4;1H;/q;;;;;;+1/p-1. The normalized spacial score (nSPS) is 9.32. The van der Waals surface area contributed by atoms with Crippen LogP contribution >= 0.6 is 21.2 Å². The number of rotatable bonds is 3. The van der Waals surface area contributed by atoms with Gasteiger partial charge in [-0.15, -0.1) is 0 Å². The van der Waals surface area contributed by atoms with E-state index in [-0.39, 0.29) is 14.9 Å². The van der Waals surface area contributed by atoms with Gasteiger partial charge in [0.2, 0.25) is 0 Å². The van der Waals surface area contributed by atoms with Crippen molar-refractivity contribution in [2.75, 3.05) is 0 Å². The van der Waals surface area contributed by atoms with Crippen LogP contribution in [0.4, 0.5) is 0 Å². The first-order valence-corrected chi connectivity index (χ1v) is 15.2. The quantitative estimate of drug-likeness (QED) is 0.185. The molecular formula is C30H35Cl2N8Os. The fraction of sp³-hybridized carbons (Fsp3) is 0.167. The molecule has 0 saturated carbocycles. The van der Waals surface area contributed by atoms with Gasteiger partial charge in [0.1, 0.15) is 17.2 Å². The van der Waals surface area contributed by atoms with Gasteiger partial charge in [0.25, 0.3) is 0 Å². The fourth-order valence-corrected chi connectivity index (χ4v) is 3.58. The summed E-state index contributed by atoms with van der Waals surface area (Å²) < 4.78 is 5.87. The second-order valence-corrected chi connectivity index (χ2v) is 8.46. The summed E-state index contributed by atoms with van der Waals surface area (Å²) in [5.74, 6) is 2.75. The summed E-state index contributed by atoms with van der Waals surface area (Å²) in [6, 6.07) is 19.3. The zero-order valence-electron chi connectivity index (χ0n) is 21.6. The molecule has 0 aliphatic carbocycles. The molecule has 1 aromatic carbocycles. The van der Waals surface area contributed by atoms with Gasteiger partial charge in [-0.05, 0) is 48.5 Å². The van der Waals surface area contributed by atoms with Gasteiger partial charge in [-0.2, -0.15) is 0 Å². The zero-order chi connectivity index (χ0) is 28.0. The molecule has 41 heavy (non-hydrogen) atoms. The number of pyridine rings is 2. The van der Waals surface area contributed by atoms with Crippen LogP contribution in [0.3, 0.4) is 0 Å². The molecular weight excluding hydrogens is 734 g/mol. The number of halogens is 2. The molecule has 5 heterocycles. The van der Waals surface area contributed by atoms with Crippen molar-refractivity contribution < 1.29 is 17.6 Å². The van der Waals surface area contributed by atoms with E-state index in [0.29, 0.717) is 0 Å². The van der Waals surface area contributed by atoms with Gasteiger partial charge in [0, 0.05) is 81.3 Å². The third kappa shape index (κ3) is 10.4. The van der Waals surface area contributed by atoms with E-state index in [2.05, 4.69) is 34.6 Å². The van der Waals surface area contributed by atoms with Crippen LogP contribution in [0.5, 0.6) is 0 Å². The van der Waals surface area contributed by atoms with Gasteiger partial charge >= 0.3 is 27.2 Å². The number of hydrogen-bond donors (Lipinski definition) is 0. The molecule has 5 aromatic heterocycles. The average molecular weight is 769 g/mol. The number of benzene rings is 1. The molecule has 0 radical (unpaired) electrons. The molecule has 0 saturated heterocycles. The van der Waals surface area contributed by atoms with Crippen LogP contribution in [0.15, 0.2) is 110 Å². The van der Waals surface area contributed by atoms with E-state index < -0.39 is 0 Å². The number of imidazole rings is 3. The molecule has 6 rings (SSSR count). The first-order valence-electron chi connectivity index (χ1n) is 11.7. The topological polar surface area (TPSA) is 79.2 Å². The van der Waals surface area contributed by atoms with E-state index in [1.54, 1.807) is 31.0 Å². The second kappa shape index (κ2) is 18.7. The molecule has 0 N–H and O–H groups in total. The predicted octanol–water partition coefficient (Wildman–Crippen LogP) is 7.66. The Kier molecular flexibility index (Phi) is 16.1. The maximum absolute atomic E-state index is 5.79. The second-order valence-electron chi connectivity index (χ2n) is 8.02. The van der Waals surface area contributed by atoms with Crippen molar-refractivity contribution in [1.29, 1.82) is 0 Å². The first-order chi connectivity index (χ1) is 19.0. The van der Waals surface area contributed by atoms with E-state index >= 15 is 0 Å². The fourth-order valence-electron chi connectivity index (χ4n) is 3.46. The Morgan fingerprint density at radius 1 is 0.512 bits per heavy atom. The van der Waals surface area contributed by atoms with Crippen molar-refractivity contribution in [3.63, 3.8) is 0 Å². The Balaban J connectivity index is 0.000000292. The van der Waals surface area contributed by atoms with E-state index in [4.69, 9.17) is 11.6 Å². The van der Waals surface area contributed by atoms with Gasteiger partial charge in [-0.25, -0.2) is 15.0 Å². The third-order valence-corrected chi connectivity index (χ3v) is 5.61. The van der Waals surface area contributed by atoms with Crippen LogP contribution in [-0.2, 0) is 38.7 Å². The van der Waals surface area contributed by atoms with Crippen molar-refractivity contribution in [2.24, 2.45) is 21.1 Å². The molecule has 0 fully saturated rings. The van der Waals surface area contributed by atoms with Gasteiger partial charge in [-0.1, -0.05) is 38.6 Å². The Bertz CT molecular complexity index is 1440. The molecule has 11 heteroatoms.